The Morgan fingerprint density at radius 1 is 1.30 bits per heavy atom. The third kappa shape index (κ3) is 3.41. The minimum Gasteiger partial charge on any atom is -0.314 e. The molecule has 20 heavy (non-hydrogen) atoms. The van der Waals surface area contributed by atoms with Crippen molar-refractivity contribution >= 4 is 0 Å². The SMILES string of the molecule is CNC1(C)CCN(Cc2cn(C)nc2C(C)(C)C)CC1. The van der Waals surface area contributed by atoms with Gasteiger partial charge in [0.1, 0.15) is 0 Å². The van der Waals surface area contributed by atoms with Crippen molar-refractivity contribution in [3.05, 3.63) is 17.5 Å². The first-order chi connectivity index (χ1) is 9.23. The monoisotopic (exact) mass is 278 g/mol. The van der Waals surface area contributed by atoms with Crippen molar-refractivity contribution in [2.45, 2.75) is 58.0 Å². The van der Waals surface area contributed by atoms with E-state index < -0.39 is 0 Å². The molecule has 0 bridgehead atoms. The van der Waals surface area contributed by atoms with Crippen LogP contribution in [-0.2, 0) is 19.0 Å². The highest BCUT2D eigenvalue weighted by Crippen LogP contribution is 2.27. The predicted molar refractivity (Wildman–Crippen MR) is 83.9 cm³/mol. The highest BCUT2D eigenvalue weighted by molar-refractivity contribution is 5.24. The number of hydrogen-bond donors (Lipinski definition) is 1. The Balaban J connectivity index is 2.05. The first-order valence-electron chi connectivity index (χ1n) is 7.68. The van der Waals surface area contributed by atoms with Crippen LogP contribution in [0.3, 0.4) is 0 Å². The van der Waals surface area contributed by atoms with Crippen LogP contribution in [0.25, 0.3) is 0 Å². The fourth-order valence-electron chi connectivity index (χ4n) is 2.98. The smallest absolute Gasteiger partial charge is 0.0722 e. The van der Waals surface area contributed by atoms with E-state index in [1.165, 1.54) is 24.1 Å². The van der Waals surface area contributed by atoms with Crippen LogP contribution in [0.2, 0.25) is 0 Å². The number of aryl methyl sites for hydroxylation is 1. The summed E-state index contributed by atoms with van der Waals surface area (Å²) >= 11 is 0. The van der Waals surface area contributed by atoms with Gasteiger partial charge in [-0.15, -0.1) is 0 Å². The summed E-state index contributed by atoms with van der Waals surface area (Å²) in [5, 5.41) is 8.13. The van der Waals surface area contributed by atoms with Crippen LogP contribution >= 0.6 is 0 Å². The van der Waals surface area contributed by atoms with E-state index >= 15 is 0 Å². The van der Waals surface area contributed by atoms with Crippen molar-refractivity contribution in [1.82, 2.24) is 20.0 Å². The summed E-state index contributed by atoms with van der Waals surface area (Å²) < 4.78 is 1.96. The van der Waals surface area contributed by atoms with Gasteiger partial charge in [0.15, 0.2) is 0 Å². The minimum absolute atomic E-state index is 0.117. The van der Waals surface area contributed by atoms with E-state index in [-0.39, 0.29) is 5.41 Å². The van der Waals surface area contributed by atoms with Gasteiger partial charge in [-0.1, -0.05) is 20.8 Å². The normalized spacial score (nSPS) is 20.3. The van der Waals surface area contributed by atoms with E-state index in [0.717, 1.165) is 19.6 Å². The highest BCUT2D eigenvalue weighted by atomic mass is 15.3. The Morgan fingerprint density at radius 2 is 1.90 bits per heavy atom. The van der Waals surface area contributed by atoms with Crippen LogP contribution in [0.5, 0.6) is 0 Å². The number of aromatic nitrogens is 2. The molecule has 0 unspecified atom stereocenters. The summed E-state index contributed by atoms with van der Waals surface area (Å²) in [6, 6.07) is 0. The van der Waals surface area contributed by atoms with Crippen LogP contribution in [0.1, 0.15) is 51.8 Å². The summed E-state index contributed by atoms with van der Waals surface area (Å²) in [6.45, 7) is 12.4. The van der Waals surface area contributed by atoms with Gasteiger partial charge < -0.3 is 5.32 Å². The Kier molecular flexibility index (Phi) is 4.26. The van der Waals surface area contributed by atoms with Gasteiger partial charge in [-0.05, 0) is 26.8 Å². The lowest BCUT2D eigenvalue weighted by molar-refractivity contribution is 0.145. The lowest BCUT2D eigenvalue weighted by Gasteiger charge is -2.39. The van der Waals surface area contributed by atoms with Crippen molar-refractivity contribution in [3.63, 3.8) is 0 Å². The van der Waals surface area contributed by atoms with Gasteiger partial charge in [-0.2, -0.15) is 5.10 Å². The van der Waals surface area contributed by atoms with Crippen LogP contribution in [0.15, 0.2) is 6.20 Å². The third-order valence-corrected chi connectivity index (χ3v) is 4.57. The second-order valence-electron chi connectivity index (χ2n) is 7.51. The van der Waals surface area contributed by atoms with E-state index in [0.29, 0.717) is 5.54 Å². The van der Waals surface area contributed by atoms with Crippen LogP contribution in [0.4, 0.5) is 0 Å². The van der Waals surface area contributed by atoms with Crippen LogP contribution < -0.4 is 5.32 Å². The largest absolute Gasteiger partial charge is 0.314 e. The van der Waals surface area contributed by atoms with Gasteiger partial charge in [-0.3, -0.25) is 9.58 Å². The Bertz CT molecular complexity index is 448. The lowest BCUT2D eigenvalue weighted by atomic mass is 9.88. The zero-order valence-corrected chi connectivity index (χ0v) is 14.0. The van der Waals surface area contributed by atoms with E-state index in [1.807, 2.05) is 11.7 Å². The molecule has 1 aromatic heterocycles. The van der Waals surface area contributed by atoms with Gasteiger partial charge >= 0.3 is 0 Å². The molecule has 1 saturated heterocycles. The van der Waals surface area contributed by atoms with Gasteiger partial charge in [0.25, 0.3) is 0 Å². The standard InChI is InChI=1S/C16H30N4/c1-15(2,3)14-13(11-19(6)18-14)12-20-9-7-16(4,17-5)8-10-20/h11,17H,7-10,12H2,1-6H3. The maximum atomic E-state index is 4.67. The van der Waals surface area contributed by atoms with Crippen molar-refractivity contribution in [2.75, 3.05) is 20.1 Å². The molecule has 1 N–H and O–H groups in total. The second kappa shape index (κ2) is 5.49. The highest BCUT2D eigenvalue weighted by Gasteiger charge is 2.29. The molecule has 0 spiro atoms. The van der Waals surface area contributed by atoms with Crippen molar-refractivity contribution < 1.29 is 0 Å². The average Bonchev–Trinajstić information content (AvgIpc) is 2.73. The molecule has 0 saturated carbocycles. The summed E-state index contributed by atoms with van der Waals surface area (Å²) in [6.07, 6.45) is 4.62. The van der Waals surface area contributed by atoms with Crippen molar-refractivity contribution in [2.24, 2.45) is 7.05 Å². The predicted octanol–water partition coefficient (Wildman–Crippen LogP) is 2.29. The Labute approximate surface area is 123 Å². The zero-order chi connectivity index (χ0) is 15.0. The Hall–Kier alpha value is -0.870. The molecule has 2 rings (SSSR count). The molecule has 1 aliphatic rings. The molecule has 4 nitrogen and oxygen atoms in total. The number of nitrogens with one attached hydrogen (secondary N) is 1. The topological polar surface area (TPSA) is 33.1 Å². The molecule has 0 aromatic carbocycles. The summed E-state index contributed by atoms with van der Waals surface area (Å²) in [5.41, 5.74) is 3.06. The van der Waals surface area contributed by atoms with Crippen molar-refractivity contribution in [1.29, 1.82) is 0 Å². The quantitative estimate of drug-likeness (QED) is 0.921. The summed E-state index contributed by atoms with van der Waals surface area (Å²) in [4.78, 5) is 2.56. The van der Waals surface area contributed by atoms with Crippen molar-refractivity contribution in [3.8, 4) is 0 Å². The summed E-state index contributed by atoms with van der Waals surface area (Å²) in [5.74, 6) is 0. The fraction of sp³-hybridized carbons (Fsp3) is 0.812. The molecule has 1 fully saturated rings. The zero-order valence-electron chi connectivity index (χ0n) is 14.0. The first kappa shape index (κ1) is 15.5. The summed E-state index contributed by atoms with van der Waals surface area (Å²) in [7, 11) is 4.10. The molecular weight excluding hydrogens is 248 g/mol. The second-order valence-corrected chi connectivity index (χ2v) is 7.51. The molecule has 0 atom stereocenters. The Morgan fingerprint density at radius 3 is 2.40 bits per heavy atom. The molecule has 4 heteroatoms. The van der Waals surface area contributed by atoms with Gasteiger partial charge in [0, 0.05) is 49.4 Å². The molecule has 1 aromatic rings. The first-order valence-corrected chi connectivity index (χ1v) is 7.68. The fourth-order valence-corrected chi connectivity index (χ4v) is 2.98. The molecular formula is C16H30N4. The maximum absolute atomic E-state index is 4.67. The molecule has 1 aliphatic heterocycles. The number of nitrogens with zero attached hydrogens (tertiary/aromatic N) is 3. The lowest BCUT2D eigenvalue weighted by Crippen LogP contribution is -2.49. The molecule has 0 amide bonds. The van der Waals surface area contributed by atoms with E-state index in [9.17, 15) is 0 Å². The molecule has 0 aliphatic carbocycles. The molecule has 2 heterocycles. The molecule has 0 radical (unpaired) electrons. The van der Waals surface area contributed by atoms with Gasteiger partial charge in [0.2, 0.25) is 0 Å². The van der Waals surface area contributed by atoms with Crippen LogP contribution in [-0.4, -0.2) is 40.4 Å². The van der Waals surface area contributed by atoms with Gasteiger partial charge in [-0.25, -0.2) is 0 Å². The minimum atomic E-state index is 0.117. The molecule has 114 valence electrons. The number of piperidine rings is 1. The maximum Gasteiger partial charge on any atom is 0.0722 e. The van der Waals surface area contributed by atoms with Crippen LogP contribution in [0, 0.1) is 0 Å². The van der Waals surface area contributed by atoms with E-state index in [1.54, 1.807) is 0 Å². The number of hydrogen-bond acceptors (Lipinski definition) is 3. The number of likely N-dealkylation sites (tertiary alicyclic amines) is 1. The third-order valence-electron chi connectivity index (χ3n) is 4.57. The van der Waals surface area contributed by atoms with E-state index in [4.69, 9.17) is 0 Å². The average molecular weight is 278 g/mol. The van der Waals surface area contributed by atoms with Gasteiger partial charge in [0.05, 0.1) is 5.69 Å². The van der Waals surface area contributed by atoms with E-state index in [2.05, 4.69) is 56.3 Å². The number of rotatable bonds is 3.